The van der Waals surface area contributed by atoms with Crippen molar-refractivity contribution in [2.45, 2.75) is 25.9 Å². The Kier molecular flexibility index (Phi) is 8.32. The van der Waals surface area contributed by atoms with Crippen molar-refractivity contribution >= 4 is 29.4 Å². The summed E-state index contributed by atoms with van der Waals surface area (Å²) in [4.78, 5) is 36.8. The van der Waals surface area contributed by atoms with Crippen molar-refractivity contribution in [3.8, 4) is 0 Å². The largest absolute Gasteiger partial charge is 0.377 e. The number of ether oxygens (including phenoxy) is 1. The first-order chi connectivity index (χ1) is 17.5. The van der Waals surface area contributed by atoms with Crippen molar-refractivity contribution in [3.63, 3.8) is 0 Å². The van der Waals surface area contributed by atoms with E-state index in [-0.39, 0.29) is 23.4 Å². The Morgan fingerprint density at radius 1 is 0.806 bits per heavy atom. The van der Waals surface area contributed by atoms with E-state index in [0.717, 1.165) is 35.3 Å². The maximum atomic E-state index is 13.0. The van der Waals surface area contributed by atoms with E-state index in [1.54, 1.807) is 18.2 Å². The Bertz CT molecular complexity index is 1260. The van der Waals surface area contributed by atoms with Crippen LogP contribution in [0.4, 0.5) is 10.1 Å². The summed E-state index contributed by atoms with van der Waals surface area (Å²) in [5.41, 5.74) is 4.13. The Morgan fingerprint density at radius 3 is 2.11 bits per heavy atom. The molecule has 0 bridgehead atoms. The van der Waals surface area contributed by atoms with E-state index in [1.165, 1.54) is 48.1 Å². The molecule has 0 aliphatic carbocycles. The number of carbonyl (C=O) groups excluding carboxylic acids is 3. The van der Waals surface area contributed by atoms with Crippen LogP contribution in [0.25, 0.3) is 6.08 Å². The topological polar surface area (TPSA) is 63.7 Å². The molecule has 3 aromatic carbocycles. The SMILES string of the molecule is O=C(C=Cc1ccc(CCCCOCc2ccc(N3C(=O)C=CC3=O)cc2)cc1)c1ccc(F)cc1. The van der Waals surface area contributed by atoms with Crippen LogP contribution >= 0.6 is 0 Å². The fourth-order valence-corrected chi connectivity index (χ4v) is 3.80. The lowest BCUT2D eigenvalue weighted by Gasteiger charge is -2.14. The van der Waals surface area contributed by atoms with Crippen molar-refractivity contribution in [2.75, 3.05) is 11.5 Å². The van der Waals surface area contributed by atoms with Gasteiger partial charge >= 0.3 is 0 Å². The normalized spacial score (nSPS) is 13.2. The lowest BCUT2D eigenvalue weighted by Crippen LogP contribution is -2.29. The van der Waals surface area contributed by atoms with Gasteiger partial charge < -0.3 is 4.74 Å². The minimum atomic E-state index is -0.363. The molecule has 1 aliphatic rings. The second-order valence-corrected chi connectivity index (χ2v) is 8.47. The number of allylic oxidation sites excluding steroid dienone is 1. The van der Waals surface area contributed by atoms with E-state index in [4.69, 9.17) is 4.74 Å². The first-order valence-corrected chi connectivity index (χ1v) is 11.8. The maximum absolute atomic E-state index is 13.0. The van der Waals surface area contributed by atoms with Crippen LogP contribution in [0, 0.1) is 5.82 Å². The van der Waals surface area contributed by atoms with E-state index >= 15 is 0 Å². The van der Waals surface area contributed by atoms with Gasteiger partial charge in [-0.2, -0.15) is 0 Å². The molecule has 5 nitrogen and oxygen atoms in total. The summed E-state index contributed by atoms with van der Waals surface area (Å²) in [6, 6.07) is 20.8. The molecule has 182 valence electrons. The van der Waals surface area contributed by atoms with Crippen molar-refractivity contribution in [2.24, 2.45) is 0 Å². The molecule has 4 rings (SSSR count). The van der Waals surface area contributed by atoms with Crippen molar-refractivity contribution < 1.29 is 23.5 Å². The summed E-state index contributed by atoms with van der Waals surface area (Å²) in [6.45, 7) is 1.11. The lowest BCUT2D eigenvalue weighted by molar-refractivity contribution is -0.119. The number of rotatable bonds is 11. The molecular weight excluding hydrogens is 457 g/mol. The van der Waals surface area contributed by atoms with Crippen LogP contribution in [0.1, 0.15) is 39.9 Å². The fourth-order valence-electron chi connectivity index (χ4n) is 3.80. The number of anilines is 1. The summed E-state index contributed by atoms with van der Waals surface area (Å²) in [7, 11) is 0. The summed E-state index contributed by atoms with van der Waals surface area (Å²) >= 11 is 0. The van der Waals surface area contributed by atoms with Crippen molar-refractivity contribution in [3.05, 3.63) is 119 Å². The molecule has 0 saturated heterocycles. The Hall–Kier alpha value is -4.16. The molecule has 0 fully saturated rings. The highest BCUT2D eigenvalue weighted by atomic mass is 19.1. The van der Waals surface area contributed by atoms with Gasteiger partial charge in [-0.25, -0.2) is 9.29 Å². The predicted octanol–water partition coefficient (Wildman–Crippen LogP) is 5.69. The van der Waals surface area contributed by atoms with Gasteiger partial charge in [0.25, 0.3) is 11.8 Å². The van der Waals surface area contributed by atoms with Gasteiger partial charge in [0.05, 0.1) is 12.3 Å². The highest BCUT2D eigenvalue weighted by Crippen LogP contribution is 2.20. The van der Waals surface area contributed by atoms with Crippen LogP contribution in [0.2, 0.25) is 0 Å². The minimum absolute atomic E-state index is 0.163. The third-order valence-corrected chi connectivity index (χ3v) is 5.81. The van der Waals surface area contributed by atoms with Crippen molar-refractivity contribution in [1.82, 2.24) is 0 Å². The summed E-state index contributed by atoms with van der Waals surface area (Å²) < 4.78 is 18.7. The first-order valence-electron chi connectivity index (χ1n) is 11.8. The monoisotopic (exact) mass is 483 g/mol. The Labute approximate surface area is 209 Å². The van der Waals surface area contributed by atoms with Crippen molar-refractivity contribution in [1.29, 1.82) is 0 Å². The van der Waals surface area contributed by atoms with Crippen LogP contribution in [-0.2, 0) is 27.4 Å². The summed E-state index contributed by atoms with van der Waals surface area (Å²) in [6.07, 6.45) is 8.64. The Morgan fingerprint density at radius 2 is 1.44 bits per heavy atom. The number of carbonyl (C=O) groups is 3. The number of ketones is 1. The summed E-state index contributed by atoms with van der Waals surface area (Å²) in [5.74, 6) is -1.18. The van der Waals surface area contributed by atoms with Gasteiger partial charge in [-0.1, -0.05) is 42.5 Å². The van der Waals surface area contributed by atoms with E-state index < -0.39 is 0 Å². The number of amides is 2. The smallest absolute Gasteiger partial charge is 0.258 e. The maximum Gasteiger partial charge on any atom is 0.258 e. The van der Waals surface area contributed by atoms with E-state index in [9.17, 15) is 18.8 Å². The van der Waals surface area contributed by atoms with Crippen LogP contribution in [0.3, 0.4) is 0 Å². The van der Waals surface area contributed by atoms with E-state index in [1.807, 2.05) is 24.3 Å². The number of benzene rings is 3. The third-order valence-electron chi connectivity index (χ3n) is 5.81. The molecule has 6 heteroatoms. The number of halogens is 1. The van der Waals surface area contributed by atoms with Gasteiger partial charge in [-0.05, 0) is 78.4 Å². The Balaban J connectivity index is 1.14. The number of unbranched alkanes of at least 4 members (excludes halogenated alkanes) is 1. The molecule has 2 amide bonds. The molecule has 1 heterocycles. The highest BCUT2D eigenvalue weighted by Gasteiger charge is 2.24. The lowest BCUT2D eigenvalue weighted by atomic mass is 10.0. The van der Waals surface area contributed by atoms with E-state index in [2.05, 4.69) is 12.1 Å². The van der Waals surface area contributed by atoms with Gasteiger partial charge in [0.2, 0.25) is 0 Å². The second kappa shape index (κ2) is 12.0. The highest BCUT2D eigenvalue weighted by molar-refractivity contribution is 6.28. The van der Waals surface area contributed by atoms with E-state index in [0.29, 0.717) is 24.5 Å². The third kappa shape index (κ3) is 6.71. The fraction of sp³-hybridized carbons (Fsp3) is 0.167. The van der Waals surface area contributed by atoms with Crippen LogP contribution in [-0.4, -0.2) is 24.2 Å². The van der Waals surface area contributed by atoms with Gasteiger partial charge in [0.1, 0.15) is 5.82 Å². The minimum Gasteiger partial charge on any atom is -0.377 e. The zero-order valence-corrected chi connectivity index (χ0v) is 19.7. The zero-order chi connectivity index (χ0) is 25.3. The molecule has 1 aliphatic heterocycles. The number of hydrogen-bond acceptors (Lipinski definition) is 4. The zero-order valence-electron chi connectivity index (χ0n) is 19.7. The molecule has 36 heavy (non-hydrogen) atoms. The molecule has 0 aromatic heterocycles. The summed E-state index contributed by atoms with van der Waals surface area (Å²) in [5, 5.41) is 0. The van der Waals surface area contributed by atoms with Gasteiger partial charge in [-0.15, -0.1) is 0 Å². The predicted molar refractivity (Wildman–Crippen MR) is 137 cm³/mol. The van der Waals surface area contributed by atoms with Gasteiger partial charge in [-0.3, -0.25) is 14.4 Å². The number of aryl methyl sites for hydroxylation is 1. The molecule has 3 aromatic rings. The molecule has 0 spiro atoms. The average molecular weight is 484 g/mol. The van der Waals surface area contributed by atoms with Gasteiger partial charge in [0.15, 0.2) is 5.78 Å². The first kappa shape index (κ1) is 24.9. The van der Waals surface area contributed by atoms with Gasteiger partial charge in [0, 0.05) is 24.3 Å². The molecular formula is C30H26FNO4. The molecule has 0 N–H and O–H groups in total. The van der Waals surface area contributed by atoms with Crippen LogP contribution in [0.5, 0.6) is 0 Å². The van der Waals surface area contributed by atoms with Crippen LogP contribution in [0.15, 0.2) is 91.0 Å². The molecule has 0 unspecified atom stereocenters. The standard InChI is InChI=1S/C30H26FNO4/c31-26-13-11-25(12-14-26)28(33)17-10-23-6-4-22(5-7-23)3-1-2-20-36-21-24-8-15-27(16-9-24)32-29(34)18-19-30(32)35/h4-19H,1-3,20-21H2. The number of hydrogen-bond donors (Lipinski definition) is 0. The number of nitrogens with zero attached hydrogens (tertiary/aromatic N) is 1. The van der Waals surface area contributed by atoms with Crippen LogP contribution < -0.4 is 4.90 Å². The average Bonchev–Trinajstić information content (AvgIpc) is 3.23. The molecule has 0 radical (unpaired) electrons. The molecule has 0 saturated carbocycles. The molecule has 0 atom stereocenters. The quantitative estimate of drug-likeness (QED) is 0.152. The number of imide groups is 1. The second-order valence-electron chi connectivity index (χ2n) is 8.47.